The summed E-state index contributed by atoms with van der Waals surface area (Å²) in [5, 5.41) is 0. The Labute approximate surface area is 96.6 Å². The normalized spacial score (nSPS) is 11.2. The highest BCUT2D eigenvalue weighted by Crippen LogP contribution is 2.22. The highest BCUT2D eigenvalue weighted by atomic mass is 16.5. The molecule has 0 amide bonds. The first-order valence-corrected chi connectivity index (χ1v) is 5.38. The molecule has 0 aliphatic rings. The van der Waals surface area contributed by atoms with Crippen LogP contribution in [0.1, 0.15) is 31.9 Å². The van der Waals surface area contributed by atoms with Gasteiger partial charge in [0.05, 0.1) is 6.54 Å². The predicted octanol–water partition coefficient (Wildman–Crippen LogP) is 1.99. The van der Waals surface area contributed by atoms with Crippen molar-refractivity contribution in [2.45, 2.75) is 32.8 Å². The largest absolute Gasteiger partial charge is 0.460 e. The zero-order valence-corrected chi connectivity index (χ0v) is 10.1. The lowest BCUT2D eigenvalue weighted by molar-refractivity contribution is -0.143. The lowest BCUT2D eigenvalue weighted by atomic mass is 9.86. The SMILES string of the molecule is CC(C)(C)c1cccc(COC(=O)CN)c1. The average Bonchev–Trinajstić information content (AvgIpc) is 2.25. The second kappa shape index (κ2) is 5.12. The van der Waals surface area contributed by atoms with Crippen molar-refractivity contribution < 1.29 is 9.53 Å². The van der Waals surface area contributed by atoms with Crippen molar-refractivity contribution >= 4 is 5.97 Å². The molecule has 1 rings (SSSR count). The summed E-state index contributed by atoms with van der Waals surface area (Å²) >= 11 is 0. The minimum absolute atomic E-state index is 0.0705. The maximum absolute atomic E-state index is 10.9. The van der Waals surface area contributed by atoms with E-state index in [9.17, 15) is 4.79 Å². The third-order valence-corrected chi connectivity index (χ3v) is 2.36. The summed E-state index contributed by atoms with van der Waals surface area (Å²) < 4.78 is 4.98. The number of esters is 1. The lowest BCUT2D eigenvalue weighted by Crippen LogP contribution is -2.17. The van der Waals surface area contributed by atoms with Crippen LogP contribution in [0.25, 0.3) is 0 Å². The van der Waals surface area contributed by atoms with Crippen molar-refractivity contribution in [2.75, 3.05) is 6.54 Å². The van der Waals surface area contributed by atoms with Gasteiger partial charge in [-0.05, 0) is 16.5 Å². The van der Waals surface area contributed by atoms with Crippen molar-refractivity contribution in [1.29, 1.82) is 0 Å². The minimum atomic E-state index is -0.374. The van der Waals surface area contributed by atoms with Crippen molar-refractivity contribution in [3.63, 3.8) is 0 Å². The molecule has 0 aromatic heterocycles. The van der Waals surface area contributed by atoms with Gasteiger partial charge in [-0.3, -0.25) is 4.79 Å². The number of carbonyl (C=O) groups excluding carboxylic acids is 1. The number of ether oxygens (including phenoxy) is 1. The molecule has 0 unspecified atom stereocenters. The van der Waals surface area contributed by atoms with Crippen LogP contribution in [0.2, 0.25) is 0 Å². The van der Waals surface area contributed by atoms with Gasteiger partial charge < -0.3 is 10.5 Å². The van der Waals surface area contributed by atoms with Crippen molar-refractivity contribution in [1.82, 2.24) is 0 Å². The first-order valence-electron chi connectivity index (χ1n) is 5.38. The van der Waals surface area contributed by atoms with Crippen LogP contribution in [-0.4, -0.2) is 12.5 Å². The van der Waals surface area contributed by atoms with Gasteiger partial charge in [-0.25, -0.2) is 0 Å². The van der Waals surface area contributed by atoms with E-state index in [4.69, 9.17) is 10.5 Å². The summed E-state index contributed by atoms with van der Waals surface area (Å²) in [5.74, 6) is -0.374. The van der Waals surface area contributed by atoms with Gasteiger partial charge in [0.2, 0.25) is 0 Å². The maximum Gasteiger partial charge on any atom is 0.320 e. The summed E-state index contributed by atoms with van der Waals surface area (Å²) in [4.78, 5) is 10.9. The Hall–Kier alpha value is -1.35. The number of benzene rings is 1. The fourth-order valence-corrected chi connectivity index (χ4v) is 1.35. The molecule has 0 saturated carbocycles. The molecule has 16 heavy (non-hydrogen) atoms. The Balaban J connectivity index is 2.72. The second-order valence-electron chi connectivity index (χ2n) is 4.82. The Morgan fingerprint density at radius 3 is 2.62 bits per heavy atom. The van der Waals surface area contributed by atoms with Gasteiger partial charge in [-0.2, -0.15) is 0 Å². The standard InChI is InChI=1S/C13H19NO2/c1-13(2,3)11-6-4-5-10(7-11)9-16-12(15)8-14/h4-7H,8-9,14H2,1-3H3. The predicted molar refractivity (Wildman–Crippen MR) is 64.0 cm³/mol. The number of carbonyl (C=O) groups is 1. The van der Waals surface area contributed by atoms with Gasteiger partial charge in [-0.15, -0.1) is 0 Å². The van der Waals surface area contributed by atoms with E-state index in [1.165, 1.54) is 5.56 Å². The molecule has 0 spiro atoms. The van der Waals surface area contributed by atoms with E-state index in [1.54, 1.807) is 0 Å². The molecule has 2 N–H and O–H groups in total. The molecule has 1 aromatic rings. The molecule has 0 fully saturated rings. The number of hydrogen-bond donors (Lipinski definition) is 1. The molecule has 0 aliphatic carbocycles. The Morgan fingerprint density at radius 1 is 1.38 bits per heavy atom. The Morgan fingerprint density at radius 2 is 2.06 bits per heavy atom. The molecule has 1 aromatic carbocycles. The zero-order valence-electron chi connectivity index (χ0n) is 10.1. The summed E-state index contributed by atoms with van der Waals surface area (Å²) in [6.45, 7) is 6.67. The topological polar surface area (TPSA) is 52.3 Å². The Bertz CT molecular complexity index is 366. The number of rotatable bonds is 3. The van der Waals surface area contributed by atoms with E-state index >= 15 is 0 Å². The van der Waals surface area contributed by atoms with Crippen LogP contribution in [0.5, 0.6) is 0 Å². The van der Waals surface area contributed by atoms with Gasteiger partial charge in [0.1, 0.15) is 6.61 Å². The molecule has 0 saturated heterocycles. The van der Waals surface area contributed by atoms with E-state index in [0.717, 1.165) is 5.56 Å². The molecule has 0 atom stereocenters. The minimum Gasteiger partial charge on any atom is -0.460 e. The summed E-state index contributed by atoms with van der Waals surface area (Å²) in [6, 6.07) is 8.06. The molecule has 3 heteroatoms. The first-order chi connectivity index (χ1) is 7.43. The highest BCUT2D eigenvalue weighted by Gasteiger charge is 2.13. The first kappa shape index (κ1) is 12.7. The summed E-state index contributed by atoms with van der Waals surface area (Å²) in [6.07, 6.45) is 0. The van der Waals surface area contributed by atoms with E-state index in [0.29, 0.717) is 6.61 Å². The van der Waals surface area contributed by atoms with E-state index < -0.39 is 0 Å². The van der Waals surface area contributed by atoms with Crippen LogP contribution in [0, 0.1) is 0 Å². The van der Waals surface area contributed by atoms with Gasteiger partial charge >= 0.3 is 5.97 Å². The van der Waals surface area contributed by atoms with Crippen molar-refractivity contribution in [2.24, 2.45) is 5.73 Å². The Kier molecular flexibility index (Phi) is 4.07. The van der Waals surface area contributed by atoms with E-state index in [-0.39, 0.29) is 17.9 Å². The van der Waals surface area contributed by atoms with Crippen molar-refractivity contribution in [3.8, 4) is 0 Å². The van der Waals surface area contributed by atoms with Crippen LogP contribution in [0.3, 0.4) is 0 Å². The quantitative estimate of drug-likeness (QED) is 0.794. The third kappa shape index (κ3) is 3.66. The fourth-order valence-electron chi connectivity index (χ4n) is 1.35. The number of nitrogens with two attached hydrogens (primary N) is 1. The van der Waals surface area contributed by atoms with Gasteiger partial charge in [0.25, 0.3) is 0 Å². The fraction of sp³-hybridized carbons (Fsp3) is 0.462. The zero-order chi connectivity index (χ0) is 12.2. The molecule has 88 valence electrons. The highest BCUT2D eigenvalue weighted by molar-refractivity contribution is 5.71. The van der Waals surface area contributed by atoms with E-state index in [1.807, 2.05) is 12.1 Å². The molecule has 0 bridgehead atoms. The molecular weight excluding hydrogens is 202 g/mol. The smallest absolute Gasteiger partial charge is 0.320 e. The van der Waals surface area contributed by atoms with Crippen LogP contribution in [0.15, 0.2) is 24.3 Å². The third-order valence-electron chi connectivity index (χ3n) is 2.36. The molecule has 0 aliphatic heterocycles. The second-order valence-corrected chi connectivity index (χ2v) is 4.82. The maximum atomic E-state index is 10.9. The molecule has 0 radical (unpaired) electrons. The molecule has 3 nitrogen and oxygen atoms in total. The van der Waals surface area contributed by atoms with Crippen LogP contribution >= 0.6 is 0 Å². The molecule has 0 heterocycles. The summed E-state index contributed by atoms with van der Waals surface area (Å²) in [5.41, 5.74) is 7.49. The lowest BCUT2D eigenvalue weighted by Gasteiger charge is -2.19. The van der Waals surface area contributed by atoms with E-state index in [2.05, 4.69) is 32.9 Å². The van der Waals surface area contributed by atoms with Crippen LogP contribution in [-0.2, 0) is 21.6 Å². The monoisotopic (exact) mass is 221 g/mol. The van der Waals surface area contributed by atoms with Gasteiger partial charge in [-0.1, -0.05) is 45.0 Å². The van der Waals surface area contributed by atoms with Crippen LogP contribution < -0.4 is 5.73 Å². The average molecular weight is 221 g/mol. The van der Waals surface area contributed by atoms with Crippen LogP contribution in [0.4, 0.5) is 0 Å². The molecular formula is C13H19NO2. The van der Waals surface area contributed by atoms with Gasteiger partial charge in [0, 0.05) is 0 Å². The van der Waals surface area contributed by atoms with Gasteiger partial charge in [0.15, 0.2) is 0 Å². The van der Waals surface area contributed by atoms with Crippen molar-refractivity contribution in [3.05, 3.63) is 35.4 Å². The number of hydrogen-bond acceptors (Lipinski definition) is 3. The summed E-state index contributed by atoms with van der Waals surface area (Å²) in [7, 11) is 0.